The van der Waals surface area contributed by atoms with Gasteiger partial charge >= 0.3 is 0 Å². The van der Waals surface area contributed by atoms with Crippen molar-refractivity contribution in [2.24, 2.45) is 0 Å². The number of benzene rings is 1. The van der Waals surface area contributed by atoms with Gasteiger partial charge in [0.1, 0.15) is 4.60 Å². The van der Waals surface area contributed by atoms with Crippen LogP contribution in [0.4, 0.5) is 11.4 Å². The summed E-state index contributed by atoms with van der Waals surface area (Å²) in [6.45, 7) is 2.95. The van der Waals surface area contributed by atoms with Gasteiger partial charge in [0.25, 0.3) is 0 Å². The summed E-state index contributed by atoms with van der Waals surface area (Å²) in [6.07, 6.45) is 0. The lowest BCUT2D eigenvalue weighted by atomic mass is 10.2. The van der Waals surface area contributed by atoms with Crippen molar-refractivity contribution < 1.29 is 0 Å². The van der Waals surface area contributed by atoms with E-state index in [1.807, 2.05) is 18.2 Å². The lowest BCUT2D eigenvalue weighted by Crippen LogP contribution is -1.94. The molecule has 4 N–H and O–H groups in total. The Bertz CT molecular complexity index is 496. The molecule has 0 aliphatic carbocycles. The minimum atomic E-state index is 0. The van der Waals surface area contributed by atoms with Crippen molar-refractivity contribution in [3.63, 3.8) is 0 Å². The fourth-order valence-corrected chi connectivity index (χ4v) is 2.38. The molecule has 0 spiro atoms. The molecule has 3 nitrogen and oxygen atoms in total. The van der Waals surface area contributed by atoms with Crippen LogP contribution < -0.4 is 11.5 Å². The Morgan fingerprint density at radius 2 is 1.88 bits per heavy atom. The van der Waals surface area contributed by atoms with Crippen LogP contribution >= 0.6 is 40.7 Å². The Morgan fingerprint density at radius 3 is 2.44 bits per heavy atom. The summed E-state index contributed by atoms with van der Waals surface area (Å²) in [4.78, 5) is 0. The van der Waals surface area contributed by atoms with Crippen LogP contribution in [0, 0.1) is 0 Å². The van der Waals surface area contributed by atoms with E-state index in [4.69, 9.17) is 11.5 Å². The minimum Gasteiger partial charge on any atom is -0.398 e. The maximum atomic E-state index is 5.97. The number of nitrogen functional groups attached to an aromatic ring is 2. The Labute approximate surface area is 115 Å². The number of halogens is 3. The molecule has 2 aromatic rings. The van der Waals surface area contributed by atoms with Gasteiger partial charge in [0.05, 0.1) is 11.2 Å². The van der Waals surface area contributed by atoms with Crippen molar-refractivity contribution in [3.8, 4) is 0 Å². The van der Waals surface area contributed by atoms with Crippen LogP contribution in [0.15, 0.2) is 22.8 Å². The van der Waals surface area contributed by atoms with Crippen LogP contribution in [0.1, 0.15) is 6.92 Å². The third kappa shape index (κ3) is 2.10. The number of aromatic nitrogens is 1. The summed E-state index contributed by atoms with van der Waals surface area (Å²) in [5.74, 6) is 0. The predicted molar refractivity (Wildman–Crippen MR) is 78.6 cm³/mol. The van der Waals surface area contributed by atoms with Crippen LogP contribution in [0.3, 0.4) is 0 Å². The molecule has 6 heteroatoms. The van der Waals surface area contributed by atoms with Crippen LogP contribution in [-0.2, 0) is 6.54 Å². The van der Waals surface area contributed by atoms with Gasteiger partial charge < -0.3 is 16.0 Å². The number of hydrogen-bond acceptors (Lipinski definition) is 2. The first-order chi connectivity index (χ1) is 6.66. The molecule has 0 atom stereocenters. The quantitative estimate of drug-likeness (QED) is 0.789. The van der Waals surface area contributed by atoms with Gasteiger partial charge in [-0.05, 0) is 35.0 Å². The second kappa shape index (κ2) is 5.66. The second-order valence-electron chi connectivity index (χ2n) is 3.19. The third-order valence-corrected chi connectivity index (χ3v) is 3.27. The van der Waals surface area contributed by atoms with Gasteiger partial charge in [-0.2, -0.15) is 0 Å². The molecule has 0 saturated heterocycles. The minimum absolute atomic E-state index is 0. The molecule has 0 amide bonds. The van der Waals surface area contributed by atoms with Gasteiger partial charge in [0.2, 0.25) is 0 Å². The van der Waals surface area contributed by atoms with E-state index in [1.165, 1.54) is 0 Å². The van der Waals surface area contributed by atoms with Crippen molar-refractivity contribution in [1.29, 1.82) is 0 Å². The Morgan fingerprint density at radius 1 is 1.25 bits per heavy atom. The molecule has 2 rings (SSSR count). The highest BCUT2D eigenvalue weighted by molar-refractivity contribution is 9.10. The first kappa shape index (κ1) is 15.4. The molecule has 0 bridgehead atoms. The Balaban J connectivity index is 0.00000112. The van der Waals surface area contributed by atoms with Gasteiger partial charge in [-0.15, -0.1) is 24.8 Å². The summed E-state index contributed by atoms with van der Waals surface area (Å²) in [5, 5.41) is 0.946. The fourth-order valence-electron chi connectivity index (χ4n) is 1.74. The van der Waals surface area contributed by atoms with E-state index in [9.17, 15) is 0 Å². The number of hydrogen-bond donors (Lipinski definition) is 2. The fraction of sp³-hybridized carbons (Fsp3) is 0.200. The molecule has 16 heavy (non-hydrogen) atoms. The molecule has 0 saturated carbocycles. The van der Waals surface area contributed by atoms with E-state index < -0.39 is 0 Å². The number of aryl methyl sites for hydroxylation is 1. The predicted octanol–water partition coefficient (Wildman–Crippen LogP) is 3.43. The lowest BCUT2D eigenvalue weighted by molar-refractivity contribution is 0.781. The van der Waals surface area contributed by atoms with Gasteiger partial charge in [0.15, 0.2) is 0 Å². The molecular formula is C10H14BrCl2N3. The third-order valence-electron chi connectivity index (χ3n) is 2.41. The molecule has 0 radical (unpaired) electrons. The van der Waals surface area contributed by atoms with E-state index in [1.54, 1.807) is 0 Å². The SMILES string of the molecule is CCn1c(Br)c(N)c2c(N)cccc21.Cl.Cl. The van der Waals surface area contributed by atoms with E-state index >= 15 is 0 Å². The van der Waals surface area contributed by atoms with Gasteiger partial charge in [0, 0.05) is 17.6 Å². The van der Waals surface area contributed by atoms with E-state index in [-0.39, 0.29) is 24.8 Å². The summed E-state index contributed by atoms with van der Waals surface area (Å²) in [6, 6.07) is 5.83. The average molecular weight is 327 g/mol. The van der Waals surface area contributed by atoms with Crippen LogP contribution in [-0.4, -0.2) is 4.57 Å². The molecule has 0 fully saturated rings. The van der Waals surface area contributed by atoms with E-state index in [2.05, 4.69) is 27.4 Å². The standard InChI is InChI=1S/C10H12BrN3.2ClH/c1-2-14-7-5-3-4-6(12)8(7)9(13)10(14)11;;/h3-5H,2,12-13H2,1H3;2*1H. The Hall–Kier alpha value is -0.580. The number of rotatable bonds is 1. The van der Waals surface area contributed by atoms with Crippen molar-refractivity contribution in [3.05, 3.63) is 22.8 Å². The van der Waals surface area contributed by atoms with Crippen LogP contribution in [0.25, 0.3) is 10.9 Å². The maximum absolute atomic E-state index is 5.97. The van der Waals surface area contributed by atoms with Gasteiger partial charge in [-0.3, -0.25) is 0 Å². The maximum Gasteiger partial charge on any atom is 0.109 e. The van der Waals surface area contributed by atoms with Crippen LogP contribution in [0.5, 0.6) is 0 Å². The molecule has 1 aromatic heterocycles. The first-order valence-corrected chi connectivity index (χ1v) is 5.27. The summed E-state index contributed by atoms with van der Waals surface area (Å²) in [7, 11) is 0. The highest BCUT2D eigenvalue weighted by Gasteiger charge is 2.13. The zero-order valence-electron chi connectivity index (χ0n) is 8.74. The molecule has 1 aromatic carbocycles. The number of nitrogens with two attached hydrogens (primary N) is 2. The summed E-state index contributed by atoms with van der Waals surface area (Å²) < 4.78 is 3.01. The number of nitrogens with zero attached hydrogens (tertiary/aromatic N) is 1. The molecular weight excluding hydrogens is 313 g/mol. The molecule has 0 aliphatic rings. The number of fused-ring (bicyclic) bond motifs is 1. The zero-order valence-corrected chi connectivity index (χ0v) is 12.0. The van der Waals surface area contributed by atoms with E-state index in [0.29, 0.717) is 0 Å². The van der Waals surface area contributed by atoms with Crippen molar-refractivity contribution in [2.45, 2.75) is 13.5 Å². The monoisotopic (exact) mass is 325 g/mol. The molecule has 1 heterocycles. The molecule has 0 aliphatic heterocycles. The highest BCUT2D eigenvalue weighted by Crippen LogP contribution is 2.35. The normalized spacial score (nSPS) is 9.62. The molecule has 0 unspecified atom stereocenters. The van der Waals surface area contributed by atoms with Crippen molar-refractivity contribution in [2.75, 3.05) is 11.5 Å². The van der Waals surface area contributed by atoms with E-state index in [0.717, 1.165) is 33.4 Å². The largest absolute Gasteiger partial charge is 0.398 e. The summed E-state index contributed by atoms with van der Waals surface area (Å²) >= 11 is 3.47. The van der Waals surface area contributed by atoms with Crippen molar-refractivity contribution in [1.82, 2.24) is 4.57 Å². The van der Waals surface area contributed by atoms with Crippen LogP contribution in [0.2, 0.25) is 0 Å². The summed E-state index contributed by atoms with van der Waals surface area (Å²) in [5.41, 5.74) is 14.4. The molecule has 90 valence electrons. The lowest BCUT2D eigenvalue weighted by Gasteiger charge is -2.02. The highest BCUT2D eigenvalue weighted by atomic mass is 79.9. The second-order valence-corrected chi connectivity index (χ2v) is 3.94. The first-order valence-electron chi connectivity index (χ1n) is 4.48. The topological polar surface area (TPSA) is 57.0 Å². The number of anilines is 2. The average Bonchev–Trinajstić information content (AvgIpc) is 2.41. The Kier molecular flexibility index (Phi) is 5.46. The van der Waals surface area contributed by atoms with Gasteiger partial charge in [-0.1, -0.05) is 6.07 Å². The smallest absolute Gasteiger partial charge is 0.109 e. The van der Waals surface area contributed by atoms with Gasteiger partial charge in [-0.25, -0.2) is 0 Å². The zero-order chi connectivity index (χ0) is 10.3. The van der Waals surface area contributed by atoms with Crippen molar-refractivity contribution >= 4 is 63.0 Å².